The Kier molecular flexibility index (Phi) is 7.04. The zero-order valence-corrected chi connectivity index (χ0v) is 32.4. The van der Waals surface area contributed by atoms with Crippen LogP contribution in [0, 0.1) is 0 Å². The Hall–Kier alpha value is -7.22. The van der Waals surface area contributed by atoms with Crippen LogP contribution in [0.4, 0.5) is 0 Å². The van der Waals surface area contributed by atoms with Gasteiger partial charge in [-0.2, -0.15) is 0 Å². The third kappa shape index (κ3) is 4.90. The third-order valence-corrected chi connectivity index (χ3v) is 12.8. The number of benzene rings is 10. The van der Waals surface area contributed by atoms with E-state index in [2.05, 4.69) is 196 Å². The lowest BCUT2D eigenvalue weighted by Crippen LogP contribution is -2.14. The van der Waals surface area contributed by atoms with Crippen LogP contribution in [0.2, 0.25) is 0 Å². The first-order chi connectivity index (χ1) is 28.5. The van der Waals surface area contributed by atoms with Gasteiger partial charge in [0.1, 0.15) is 11.2 Å². The summed E-state index contributed by atoms with van der Waals surface area (Å²) in [7, 11) is 0. The summed E-state index contributed by atoms with van der Waals surface area (Å²) in [6.45, 7) is 4.73. The first kappa shape index (κ1) is 33.0. The molecule has 0 radical (unpaired) electrons. The molecule has 11 aromatic rings. The predicted octanol–water partition coefficient (Wildman–Crippen LogP) is 16.0. The lowest BCUT2D eigenvalue weighted by atomic mass is 9.81. The molecule has 0 N–H and O–H groups in total. The van der Waals surface area contributed by atoms with Gasteiger partial charge in [0.25, 0.3) is 0 Å². The highest BCUT2D eigenvalue weighted by Gasteiger charge is 2.35. The smallest absolute Gasteiger partial charge is 0.135 e. The molecule has 0 aliphatic heterocycles. The van der Waals surface area contributed by atoms with Crippen LogP contribution in [0.25, 0.3) is 110 Å². The van der Waals surface area contributed by atoms with Crippen LogP contribution in [0.15, 0.2) is 199 Å². The van der Waals surface area contributed by atoms with Gasteiger partial charge in [-0.15, -0.1) is 0 Å². The summed E-state index contributed by atoms with van der Waals surface area (Å²) < 4.78 is 6.12. The molecule has 0 unspecified atom stereocenters. The van der Waals surface area contributed by atoms with Gasteiger partial charge in [-0.25, -0.2) is 0 Å². The molecule has 12 rings (SSSR count). The van der Waals surface area contributed by atoms with E-state index in [0.717, 1.165) is 21.9 Å². The van der Waals surface area contributed by atoms with E-state index in [9.17, 15) is 0 Å². The zero-order chi connectivity index (χ0) is 38.5. The molecule has 0 fully saturated rings. The number of rotatable bonds is 4. The molecule has 1 aromatic heterocycles. The maximum atomic E-state index is 6.12. The second-order valence-corrected chi connectivity index (χ2v) is 16.4. The molecule has 0 saturated carbocycles. The van der Waals surface area contributed by atoms with Crippen molar-refractivity contribution in [1.82, 2.24) is 0 Å². The summed E-state index contributed by atoms with van der Waals surface area (Å²) in [4.78, 5) is 0. The molecule has 1 heterocycles. The van der Waals surface area contributed by atoms with Crippen LogP contribution in [0.5, 0.6) is 0 Å². The number of para-hydroxylation sites is 1. The highest BCUT2D eigenvalue weighted by Crippen LogP contribution is 2.51. The maximum absolute atomic E-state index is 6.12. The molecule has 1 aliphatic rings. The molecule has 1 nitrogen and oxygen atoms in total. The van der Waals surface area contributed by atoms with Crippen LogP contribution in [-0.2, 0) is 5.41 Å². The van der Waals surface area contributed by atoms with Crippen LogP contribution in [0.1, 0.15) is 25.0 Å². The van der Waals surface area contributed by atoms with Crippen molar-refractivity contribution in [2.75, 3.05) is 0 Å². The van der Waals surface area contributed by atoms with E-state index in [1.165, 1.54) is 99.1 Å². The lowest BCUT2D eigenvalue weighted by molar-refractivity contribution is 0.661. The molecule has 0 bridgehead atoms. The molecule has 0 amide bonds. The largest absolute Gasteiger partial charge is 0.456 e. The van der Waals surface area contributed by atoms with Gasteiger partial charge in [0.2, 0.25) is 0 Å². The Morgan fingerprint density at radius 1 is 0.310 bits per heavy atom. The van der Waals surface area contributed by atoms with Crippen molar-refractivity contribution >= 4 is 54.3 Å². The monoisotopic (exact) mass is 738 g/mol. The van der Waals surface area contributed by atoms with Crippen molar-refractivity contribution in [3.63, 3.8) is 0 Å². The third-order valence-electron chi connectivity index (χ3n) is 12.8. The zero-order valence-electron chi connectivity index (χ0n) is 32.4. The quantitative estimate of drug-likeness (QED) is 0.164. The van der Waals surface area contributed by atoms with E-state index >= 15 is 0 Å². The summed E-state index contributed by atoms with van der Waals surface area (Å²) in [5, 5.41) is 9.90. The average molecular weight is 739 g/mol. The van der Waals surface area contributed by atoms with E-state index in [1.807, 2.05) is 12.1 Å². The fraction of sp³-hybridized carbons (Fsp3) is 0.0526. The molecule has 272 valence electrons. The predicted molar refractivity (Wildman–Crippen MR) is 246 cm³/mol. The van der Waals surface area contributed by atoms with Crippen LogP contribution in [-0.4, -0.2) is 0 Å². The number of hydrogen-bond acceptors (Lipinski definition) is 1. The Balaban J connectivity index is 0.972. The van der Waals surface area contributed by atoms with E-state index in [1.54, 1.807) is 0 Å². The van der Waals surface area contributed by atoms with Crippen molar-refractivity contribution in [3.8, 4) is 55.6 Å². The van der Waals surface area contributed by atoms with Gasteiger partial charge in [-0.3, -0.25) is 0 Å². The molecule has 0 saturated heterocycles. The minimum atomic E-state index is -0.0567. The summed E-state index contributed by atoms with van der Waals surface area (Å²) in [5.74, 6) is 0. The van der Waals surface area contributed by atoms with Crippen molar-refractivity contribution in [3.05, 3.63) is 205 Å². The first-order valence-electron chi connectivity index (χ1n) is 20.2. The van der Waals surface area contributed by atoms with Gasteiger partial charge < -0.3 is 4.42 Å². The molecule has 0 spiro atoms. The van der Waals surface area contributed by atoms with Crippen LogP contribution < -0.4 is 0 Å². The van der Waals surface area contributed by atoms with Gasteiger partial charge in [-0.1, -0.05) is 166 Å². The Labute approximate surface area is 337 Å². The second-order valence-electron chi connectivity index (χ2n) is 16.4. The standard InChI is InChI=1S/C57H38O/c1-57(2)51-28-26-41(32-48(51)49-31-38-12-3-4-13-39(38)34-52(49)57)37-14-11-15-42(30-37)56-46-19-7-5-17-44(46)55(45-18-6-8-20-47(45)56)36-24-22-35(23-25-36)40-27-29-54-50(33-40)43-16-9-10-21-53(43)58-54/h3-34H,1-2H3. The van der Waals surface area contributed by atoms with Gasteiger partial charge in [-0.05, 0) is 142 Å². The SMILES string of the molecule is CC1(C)c2ccc(-c3cccc(-c4c5ccccc5c(-c5ccc(-c6ccc7oc8ccccc8c7c6)cc5)c5ccccc45)c3)cc2-c2cc3ccccc3cc21. The normalized spacial score (nSPS) is 13.1. The number of furan rings is 1. The minimum Gasteiger partial charge on any atom is -0.456 e. The highest BCUT2D eigenvalue weighted by molar-refractivity contribution is 6.21. The Morgan fingerprint density at radius 2 is 0.810 bits per heavy atom. The summed E-state index contributed by atoms with van der Waals surface area (Å²) >= 11 is 0. The lowest BCUT2D eigenvalue weighted by Gasteiger charge is -2.22. The number of hydrogen-bond donors (Lipinski definition) is 0. The molecule has 0 atom stereocenters. The van der Waals surface area contributed by atoms with E-state index in [4.69, 9.17) is 4.42 Å². The van der Waals surface area contributed by atoms with Gasteiger partial charge in [0, 0.05) is 16.2 Å². The molecule has 1 heteroatoms. The van der Waals surface area contributed by atoms with Crippen molar-refractivity contribution in [1.29, 1.82) is 0 Å². The second kappa shape index (κ2) is 12.4. The molecular weight excluding hydrogens is 701 g/mol. The van der Waals surface area contributed by atoms with Crippen molar-refractivity contribution < 1.29 is 4.42 Å². The van der Waals surface area contributed by atoms with E-state index < -0.39 is 0 Å². The Bertz CT molecular complexity index is 3410. The first-order valence-corrected chi connectivity index (χ1v) is 20.2. The summed E-state index contributed by atoms with van der Waals surface area (Å²) in [5.41, 5.74) is 17.1. The van der Waals surface area contributed by atoms with Crippen molar-refractivity contribution in [2.45, 2.75) is 19.3 Å². The Morgan fingerprint density at radius 3 is 1.53 bits per heavy atom. The summed E-state index contributed by atoms with van der Waals surface area (Å²) in [6.07, 6.45) is 0. The average Bonchev–Trinajstić information content (AvgIpc) is 3.75. The fourth-order valence-corrected chi connectivity index (χ4v) is 9.96. The van der Waals surface area contributed by atoms with Crippen LogP contribution in [0.3, 0.4) is 0 Å². The molecule has 1 aliphatic carbocycles. The topological polar surface area (TPSA) is 13.1 Å². The molecule has 10 aromatic carbocycles. The minimum absolute atomic E-state index is 0.0567. The van der Waals surface area contributed by atoms with Gasteiger partial charge in [0.15, 0.2) is 0 Å². The molecular formula is C57H38O. The molecule has 58 heavy (non-hydrogen) atoms. The summed E-state index contributed by atoms with van der Waals surface area (Å²) in [6, 6.07) is 71.6. The van der Waals surface area contributed by atoms with Crippen molar-refractivity contribution in [2.24, 2.45) is 0 Å². The maximum Gasteiger partial charge on any atom is 0.135 e. The fourth-order valence-electron chi connectivity index (χ4n) is 9.96. The van der Waals surface area contributed by atoms with Gasteiger partial charge >= 0.3 is 0 Å². The number of fused-ring (bicyclic) bond motifs is 9. The van der Waals surface area contributed by atoms with E-state index in [0.29, 0.717) is 0 Å². The van der Waals surface area contributed by atoms with Gasteiger partial charge in [0.05, 0.1) is 0 Å². The van der Waals surface area contributed by atoms with Crippen LogP contribution >= 0.6 is 0 Å². The highest BCUT2D eigenvalue weighted by atomic mass is 16.3. The van der Waals surface area contributed by atoms with E-state index in [-0.39, 0.29) is 5.41 Å².